The molecule has 0 bridgehead atoms. The number of rotatable bonds is 5. The maximum absolute atomic E-state index is 5.84. The number of hydrogen-bond donors (Lipinski definition) is 1. The maximum Gasteiger partial charge on any atom is 0.162 e. The van der Waals surface area contributed by atoms with Crippen LogP contribution >= 0.6 is 0 Å². The number of anilines is 1. The quantitative estimate of drug-likeness (QED) is 0.832. The van der Waals surface area contributed by atoms with Crippen LogP contribution in [0.1, 0.15) is 45.1 Å². The Labute approximate surface area is 97.2 Å². The molecule has 0 saturated heterocycles. The third kappa shape index (κ3) is 2.50. The molecule has 4 nitrogen and oxygen atoms in total. The Morgan fingerprint density at radius 2 is 1.88 bits per heavy atom. The van der Waals surface area contributed by atoms with Crippen LogP contribution in [0.3, 0.4) is 0 Å². The van der Waals surface area contributed by atoms with E-state index in [0.29, 0.717) is 18.2 Å². The van der Waals surface area contributed by atoms with Crippen LogP contribution in [0.5, 0.6) is 0 Å². The molecule has 0 radical (unpaired) electrons. The minimum Gasteiger partial charge on any atom is -0.384 e. The zero-order valence-corrected chi connectivity index (χ0v) is 10.6. The Kier molecular flexibility index (Phi) is 4.24. The standard InChI is InChI=1S/C12H21N3O/c1-5-12(6-2,16-7-3)11-14-9(4)8-10(13)15-11/h8H,5-7H2,1-4H3,(H2,13,14,15). The lowest BCUT2D eigenvalue weighted by molar-refractivity contribution is -0.0571. The summed E-state index contributed by atoms with van der Waals surface area (Å²) in [6.45, 7) is 8.73. The van der Waals surface area contributed by atoms with E-state index >= 15 is 0 Å². The lowest BCUT2D eigenvalue weighted by Gasteiger charge is -2.30. The Hall–Kier alpha value is -1.16. The number of aromatic nitrogens is 2. The molecule has 0 aliphatic rings. The van der Waals surface area contributed by atoms with Gasteiger partial charge in [-0.25, -0.2) is 9.97 Å². The van der Waals surface area contributed by atoms with Crippen molar-refractivity contribution in [1.82, 2.24) is 9.97 Å². The van der Waals surface area contributed by atoms with Gasteiger partial charge in [-0.2, -0.15) is 0 Å². The third-order valence-electron chi connectivity index (χ3n) is 2.84. The summed E-state index contributed by atoms with van der Waals surface area (Å²) in [4.78, 5) is 8.76. The van der Waals surface area contributed by atoms with E-state index in [-0.39, 0.29) is 0 Å². The molecule has 0 unspecified atom stereocenters. The summed E-state index contributed by atoms with van der Waals surface area (Å²) in [7, 11) is 0. The van der Waals surface area contributed by atoms with Crippen LogP contribution < -0.4 is 5.73 Å². The molecule has 16 heavy (non-hydrogen) atoms. The minimum absolute atomic E-state index is 0.394. The van der Waals surface area contributed by atoms with Gasteiger partial charge >= 0.3 is 0 Å². The van der Waals surface area contributed by atoms with Gasteiger partial charge in [0.25, 0.3) is 0 Å². The highest BCUT2D eigenvalue weighted by Crippen LogP contribution is 2.31. The summed E-state index contributed by atoms with van der Waals surface area (Å²) >= 11 is 0. The van der Waals surface area contributed by atoms with Gasteiger partial charge in [0.1, 0.15) is 11.4 Å². The lowest BCUT2D eigenvalue weighted by atomic mass is 9.95. The summed E-state index contributed by atoms with van der Waals surface area (Å²) in [5.41, 5.74) is 6.24. The van der Waals surface area contributed by atoms with Crippen LogP contribution in [0.15, 0.2) is 6.07 Å². The Bertz CT molecular complexity index is 328. The van der Waals surface area contributed by atoms with Crippen molar-refractivity contribution < 1.29 is 4.74 Å². The van der Waals surface area contributed by atoms with E-state index in [2.05, 4.69) is 23.8 Å². The second kappa shape index (κ2) is 5.25. The van der Waals surface area contributed by atoms with Crippen molar-refractivity contribution in [3.8, 4) is 0 Å². The number of ether oxygens (including phenoxy) is 1. The molecule has 0 saturated carbocycles. The zero-order chi connectivity index (χ0) is 12.2. The highest BCUT2D eigenvalue weighted by molar-refractivity contribution is 5.30. The highest BCUT2D eigenvalue weighted by atomic mass is 16.5. The average Bonchev–Trinajstić information content (AvgIpc) is 2.24. The van der Waals surface area contributed by atoms with Crippen LogP contribution in [-0.2, 0) is 10.3 Å². The first-order valence-electron chi connectivity index (χ1n) is 5.83. The van der Waals surface area contributed by atoms with Crippen molar-refractivity contribution in [3.05, 3.63) is 17.6 Å². The summed E-state index contributed by atoms with van der Waals surface area (Å²) in [6, 6.07) is 1.77. The number of nitrogens with two attached hydrogens (primary N) is 1. The summed E-state index contributed by atoms with van der Waals surface area (Å²) in [5, 5.41) is 0. The molecule has 0 aliphatic heterocycles. The number of nitrogens with zero attached hydrogens (tertiary/aromatic N) is 2. The maximum atomic E-state index is 5.84. The monoisotopic (exact) mass is 223 g/mol. The van der Waals surface area contributed by atoms with Gasteiger partial charge in [-0.3, -0.25) is 0 Å². The van der Waals surface area contributed by atoms with E-state index < -0.39 is 5.60 Å². The fourth-order valence-electron chi connectivity index (χ4n) is 1.91. The van der Waals surface area contributed by atoms with E-state index in [1.54, 1.807) is 6.07 Å². The fraction of sp³-hybridized carbons (Fsp3) is 0.667. The molecule has 0 aliphatic carbocycles. The molecule has 0 atom stereocenters. The molecule has 4 heteroatoms. The zero-order valence-electron chi connectivity index (χ0n) is 10.6. The van der Waals surface area contributed by atoms with Crippen LogP contribution in [0.25, 0.3) is 0 Å². The van der Waals surface area contributed by atoms with Crippen LogP contribution in [0.4, 0.5) is 5.82 Å². The first kappa shape index (κ1) is 12.9. The first-order valence-corrected chi connectivity index (χ1v) is 5.83. The topological polar surface area (TPSA) is 61.0 Å². The van der Waals surface area contributed by atoms with E-state index in [9.17, 15) is 0 Å². The molecule has 1 aromatic rings. The minimum atomic E-state index is -0.394. The molecule has 1 heterocycles. The van der Waals surface area contributed by atoms with Gasteiger partial charge in [-0.05, 0) is 26.7 Å². The van der Waals surface area contributed by atoms with Crippen molar-refractivity contribution in [2.45, 2.75) is 46.1 Å². The average molecular weight is 223 g/mol. The van der Waals surface area contributed by atoms with Crippen molar-refractivity contribution in [1.29, 1.82) is 0 Å². The lowest BCUT2D eigenvalue weighted by Crippen LogP contribution is -2.31. The smallest absolute Gasteiger partial charge is 0.162 e. The normalized spacial score (nSPS) is 11.8. The van der Waals surface area contributed by atoms with E-state index in [1.807, 2.05) is 13.8 Å². The molecule has 0 spiro atoms. The number of hydrogen-bond acceptors (Lipinski definition) is 4. The van der Waals surface area contributed by atoms with Crippen molar-refractivity contribution in [2.75, 3.05) is 12.3 Å². The summed E-state index contributed by atoms with van der Waals surface area (Å²) in [6.07, 6.45) is 1.69. The second-order valence-corrected chi connectivity index (χ2v) is 3.89. The number of aryl methyl sites for hydroxylation is 1. The Morgan fingerprint density at radius 1 is 1.25 bits per heavy atom. The molecule has 1 rings (SSSR count). The van der Waals surface area contributed by atoms with E-state index in [0.717, 1.165) is 18.5 Å². The molecule has 0 aromatic carbocycles. The molecule has 2 N–H and O–H groups in total. The largest absolute Gasteiger partial charge is 0.384 e. The predicted octanol–water partition coefficient (Wildman–Crippen LogP) is 2.42. The Balaban J connectivity index is 3.19. The molecule has 1 aromatic heterocycles. The van der Waals surface area contributed by atoms with Gasteiger partial charge in [-0.1, -0.05) is 13.8 Å². The second-order valence-electron chi connectivity index (χ2n) is 3.89. The third-order valence-corrected chi connectivity index (χ3v) is 2.84. The molecule has 0 amide bonds. The first-order chi connectivity index (χ1) is 7.57. The van der Waals surface area contributed by atoms with Crippen LogP contribution in [0, 0.1) is 6.92 Å². The molecule has 90 valence electrons. The van der Waals surface area contributed by atoms with Crippen molar-refractivity contribution in [3.63, 3.8) is 0 Å². The Morgan fingerprint density at radius 3 is 2.31 bits per heavy atom. The molecular formula is C12H21N3O. The van der Waals surface area contributed by atoms with E-state index in [1.165, 1.54) is 0 Å². The highest BCUT2D eigenvalue weighted by Gasteiger charge is 2.32. The van der Waals surface area contributed by atoms with E-state index in [4.69, 9.17) is 10.5 Å². The van der Waals surface area contributed by atoms with Gasteiger partial charge < -0.3 is 10.5 Å². The molecule has 0 fully saturated rings. The fourth-order valence-corrected chi connectivity index (χ4v) is 1.91. The molecular weight excluding hydrogens is 202 g/mol. The van der Waals surface area contributed by atoms with Crippen molar-refractivity contribution in [2.24, 2.45) is 0 Å². The predicted molar refractivity (Wildman–Crippen MR) is 65.1 cm³/mol. The summed E-state index contributed by atoms with van der Waals surface area (Å²) < 4.78 is 5.84. The van der Waals surface area contributed by atoms with Crippen molar-refractivity contribution >= 4 is 5.82 Å². The van der Waals surface area contributed by atoms with Crippen LogP contribution in [-0.4, -0.2) is 16.6 Å². The van der Waals surface area contributed by atoms with Gasteiger partial charge in [0.05, 0.1) is 0 Å². The van der Waals surface area contributed by atoms with Crippen LogP contribution in [0.2, 0.25) is 0 Å². The van der Waals surface area contributed by atoms with Gasteiger partial charge in [0, 0.05) is 18.4 Å². The number of nitrogen functional groups attached to an aromatic ring is 1. The van der Waals surface area contributed by atoms with Gasteiger partial charge in [0.15, 0.2) is 5.82 Å². The van der Waals surface area contributed by atoms with Gasteiger partial charge in [-0.15, -0.1) is 0 Å². The summed E-state index contributed by atoms with van der Waals surface area (Å²) in [5.74, 6) is 1.21. The SMILES string of the molecule is CCOC(CC)(CC)c1nc(C)cc(N)n1. The van der Waals surface area contributed by atoms with Gasteiger partial charge in [0.2, 0.25) is 0 Å².